The normalized spacial score (nSPS) is 25.7. The number of rotatable bonds is 2. The molecule has 7 nitrogen and oxygen atoms in total. The van der Waals surface area contributed by atoms with Gasteiger partial charge in [0.05, 0.1) is 5.60 Å². The van der Waals surface area contributed by atoms with Crippen LogP contribution in [0.15, 0.2) is 18.2 Å². The van der Waals surface area contributed by atoms with Crippen molar-refractivity contribution < 1.29 is 19.5 Å². The predicted molar refractivity (Wildman–Crippen MR) is 88.5 cm³/mol. The lowest BCUT2D eigenvalue weighted by Gasteiger charge is -2.33. The Morgan fingerprint density at radius 3 is 2.64 bits per heavy atom. The van der Waals surface area contributed by atoms with Gasteiger partial charge >= 0.3 is 0 Å². The van der Waals surface area contributed by atoms with E-state index in [9.17, 15) is 19.5 Å². The van der Waals surface area contributed by atoms with Crippen LogP contribution in [0.25, 0.3) is 0 Å². The number of nitrogens with zero attached hydrogens (tertiary/aromatic N) is 1. The van der Waals surface area contributed by atoms with E-state index in [4.69, 9.17) is 0 Å². The molecule has 0 bridgehead atoms. The van der Waals surface area contributed by atoms with Crippen LogP contribution in [0.5, 0.6) is 0 Å². The van der Waals surface area contributed by atoms with Crippen LogP contribution in [0.1, 0.15) is 47.2 Å². The number of fused-ring (bicyclic) bond motifs is 1. The Hall–Kier alpha value is -2.25. The highest BCUT2D eigenvalue weighted by molar-refractivity contribution is 6.05. The Bertz CT molecular complexity index is 755. The molecule has 1 aromatic rings. The maximum absolute atomic E-state index is 12.7. The Labute approximate surface area is 145 Å². The summed E-state index contributed by atoms with van der Waals surface area (Å²) in [5.74, 6) is -0.885. The zero-order chi connectivity index (χ0) is 17.6. The van der Waals surface area contributed by atoms with Gasteiger partial charge in [-0.1, -0.05) is 12.1 Å². The number of amides is 3. The van der Waals surface area contributed by atoms with Gasteiger partial charge in [-0.3, -0.25) is 19.7 Å². The molecule has 2 saturated heterocycles. The van der Waals surface area contributed by atoms with Crippen LogP contribution in [-0.2, 0) is 21.7 Å². The topological polar surface area (TPSA) is 98.7 Å². The monoisotopic (exact) mass is 343 g/mol. The maximum Gasteiger partial charge on any atom is 0.255 e. The summed E-state index contributed by atoms with van der Waals surface area (Å²) >= 11 is 0. The molecule has 132 valence electrons. The molecule has 0 aromatic heterocycles. The number of carbonyl (C=O) groups is 3. The van der Waals surface area contributed by atoms with E-state index in [2.05, 4.69) is 10.6 Å². The van der Waals surface area contributed by atoms with Crippen LogP contribution < -0.4 is 10.6 Å². The summed E-state index contributed by atoms with van der Waals surface area (Å²) in [6.07, 6.45) is 1.87. The molecule has 0 unspecified atom stereocenters. The fourth-order valence-electron chi connectivity index (χ4n) is 3.99. The largest absolute Gasteiger partial charge is 0.385 e. The van der Waals surface area contributed by atoms with Crippen LogP contribution in [0.2, 0.25) is 0 Å². The molecular weight excluding hydrogens is 322 g/mol. The fraction of sp³-hybridized carbons (Fsp3) is 0.500. The molecule has 3 aliphatic heterocycles. The Balaban J connectivity index is 1.59. The van der Waals surface area contributed by atoms with E-state index in [0.29, 0.717) is 31.4 Å². The molecule has 7 heteroatoms. The van der Waals surface area contributed by atoms with Gasteiger partial charge < -0.3 is 15.3 Å². The number of benzene rings is 1. The fourth-order valence-corrected chi connectivity index (χ4v) is 3.99. The first-order valence-corrected chi connectivity index (χ1v) is 8.69. The second-order valence-corrected chi connectivity index (χ2v) is 7.05. The number of nitrogens with one attached hydrogen (secondary N) is 2. The summed E-state index contributed by atoms with van der Waals surface area (Å²) in [6.45, 7) is 1.85. The van der Waals surface area contributed by atoms with Crippen LogP contribution in [0.4, 0.5) is 0 Å². The van der Waals surface area contributed by atoms with E-state index in [1.807, 2.05) is 12.1 Å². The molecule has 0 aliphatic carbocycles. The molecule has 0 spiro atoms. The summed E-state index contributed by atoms with van der Waals surface area (Å²) in [7, 11) is 0. The van der Waals surface area contributed by atoms with E-state index < -0.39 is 17.6 Å². The van der Waals surface area contributed by atoms with Gasteiger partial charge in [-0.25, -0.2) is 0 Å². The van der Waals surface area contributed by atoms with Crippen molar-refractivity contribution in [1.29, 1.82) is 0 Å². The van der Waals surface area contributed by atoms with E-state index in [1.54, 1.807) is 6.07 Å². The van der Waals surface area contributed by atoms with Crippen molar-refractivity contribution in [2.45, 2.75) is 43.9 Å². The first-order chi connectivity index (χ1) is 12.0. The molecule has 0 saturated carbocycles. The standard InChI is InChI=1S/C18H21N3O4/c22-15-4-3-14(16(23)20-15)21-10-11-9-12(1-2-13(11)17(21)24)18(25)5-7-19-8-6-18/h1-2,9,14,19,25H,3-8,10H2,(H,20,22,23)/t14-/m0/s1. The molecule has 3 aliphatic rings. The minimum absolute atomic E-state index is 0.187. The van der Waals surface area contributed by atoms with Gasteiger partial charge in [0.2, 0.25) is 11.8 Å². The lowest BCUT2D eigenvalue weighted by atomic mass is 9.84. The Kier molecular flexibility index (Phi) is 3.85. The van der Waals surface area contributed by atoms with Gasteiger partial charge in [-0.15, -0.1) is 0 Å². The number of hydrogen-bond donors (Lipinski definition) is 3. The summed E-state index contributed by atoms with van der Waals surface area (Å²) in [5.41, 5.74) is 1.36. The lowest BCUT2D eigenvalue weighted by molar-refractivity contribution is -0.136. The highest BCUT2D eigenvalue weighted by atomic mass is 16.3. The van der Waals surface area contributed by atoms with Crippen molar-refractivity contribution in [1.82, 2.24) is 15.5 Å². The molecule has 1 atom stereocenters. The number of hydrogen-bond acceptors (Lipinski definition) is 5. The van der Waals surface area contributed by atoms with Gasteiger partial charge in [-0.05, 0) is 49.5 Å². The molecule has 3 heterocycles. The van der Waals surface area contributed by atoms with Gasteiger partial charge in [0.15, 0.2) is 0 Å². The van der Waals surface area contributed by atoms with Crippen molar-refractivity contribution in [3.05, 3.63) is 34.9 Å². The van der Waals surface area contributed by atoms with Crippen LogP contribution in [0, 0.1) is 0 Å². The van der Waals surface area contributed by atoms with E-state index in [1.165, 1.54) is 4.90 Å². The van der Waals surface area contributed by atoms with Crippen LogP contribution in [-0.4, -0.2) is 46.9 Å². The number of aliphatic hydroxyl groups is 1. The van der Waals surface area contributed by atoms with E-state index in [0.717, 1.165) is 24.2 Å². The molecule has 0 radical (unpaired) electrons. The molecule has 2 fully saturated rings. The molecular formula is C18H21N3O4. The van der Waals surface area contributed by atoms with E-state index >= 15 is 0 Å². The van der Waals surface area contributed by atoms with Gasteiger partial charge in [-0.2, -0.15) is 0 Å². The predicted octanol–water partition coefficient (Wildman–Crippen LogP) is 0.0186. The summed E-state index contributed by atoms with van der Waals surface area (Å²) in [6, 6.07) is 4.85. The van der Waals surface area contributed by atoms with E-state index in [-0.39, 0.29) is 18.2 Å². The first kappa shape index (κ1) is 16.2. The second-order valence-electron chi connectivity index (χ2n) is 7.05. The SMILES string of the molecule is O=C1CC[C@H](N2Cc3cc(C4(O)CCNCC4)ccc3C2=O)C(=O)N1. The van der Waals surface area contributed by atoms with Crippen molar-refractivity contribution in [2.24, 2.45) is 0 Å². The number of imide groups is 1. The molecule has 3 N–H and O–H groups in total. The van der Waals surface area contributed by atoms with Crippen LogP contribution in [0.3, 0.4) is 0 Å². The second kappa shape index (κ2) is 5.93. The zero-order valence-corrected chi connectivity index (χ0v) is 13.9. The van der Waals surface area contributed by atoms with Gasteiger partial charge in [0.1, 0.15) is 6.04 Å². The third kappa shape index (κ3) is 2.73. The third-order valence-corrected chi connectivity index (χ3v) is 5.49. The highest BCUT2D eigenvalue weighted by Crippen LogP contribution is 2.35. The summed E-state index contributed by atoms with van der Waals surface area (Å²) in [5, 5.41) is 16.4. The van der Waals surface area contributed by atoms with Crippen molar-refractivity contribution in [3.63, 3.8) is 0 Å². The quantitative estimate of drug-likeness (QED) is 0.658. The molecule has 3 amide bonds. The Morgan fingerprint density at radius 2 is 1.92 bits per heavy atom. The van der Waals surface area contributed by atoms with Crippen molar-refractivity contribution >= 4 is 17.7 Å². The van der Waals surface area contributed by atoms with Crippen molar-refractivity contribution in [2.75, 3.05) is 13.1 Å². The summed E-state index contributed by atoms with van der Waals surface area (Å²) in [4.78, 5) is 37.6. The zero-order valence-electron chi connectivity index (χ0n) is 13.9. The van der Waals surface area contributed by atoms with Crippen molar-refractivity contribution in [3.8, 4) is 0 Å². The van der Waals surface area contributed by atoms with Gasteiger partial charge in [0, 0.05) is 18.5 Å². The van der Waals surface area contributed by atoms with Crippen LogP contribution >= 0.6 is 0 Å². The Morgan fingerprint density at radius 1 is 1.16 bits per heavy atom. The smallest absolute Gasteiger partial charge is 0.255 e. The molecule has 4 rings (SSSR count). The third-order valence-electron chi connectivity index (χ3n) is 5.49. The average molecular weight is 343 g/mol. The summed E-state index contributed by atoms with van der Waals surface area (Å²) < 4.78 is 0. The number of carbonyl (C=O) groups excluding carboxylic acids is 3. The highest BCUT2D eigenvalue weighted by Gasteiger charge is 2.40. The van der Waals surface area contributed by atoms with Gasteiger partial charge in [0.25, 0.3) is 5.91 Å². The molecule has 1 aromatic carbocycles. The lowest BCUT2D eigenvalue weighted by Crippen LogP contribution is -2.52. The first-order valence-electron chi connectivity index (χ1n) is 8.69. The minimum Gasteiger partial charge on any atom is -0.385 e. The molecule has 25 heavy (non-hydrogen) atoms. The number of piperidine rings is 2. The average Bonchev–Trinajstić information content (AvgIpc) is 2.92. The maximum atomic E-state index is 12.7. The minimum atomic E-state index is -0.870.